The number of hydrogen-bond acceptors (Lipinski definition) is 5. The van der Waals surface area contributed by atoms with Gasteiger partial charge >= 0.3 is 0 Å². The van der Waals surface area contributed by atoms with Crippen molar-refractivity contribution in [2.45, 2.75) is 12.5 Å². The molecule has 23 heavy (non-hydrogen) atoms. The highest BCUT2D eigenvalue weighted by molar-refractivity contribution is 7.92. The number of anilines is 1. The summed E-state index contributed by atoms with van der Waals surface area (Å²) in [6.07, 6.45) is 0.828. The van der Waals surface area contributed by atoms with Crippen LogP contribution in [0.3, 0.4) is 0 Å². The van der Waals surface area contributed by atoms with Crippen molar-refractivity contribution < 1.29 is 22.7 Å². The first-order valence-corrected chi connectivity index (χ1v) is 9.26. The van der Waals surface area contributed by atoms with Crippen LogP contribution in [0.4, 0.5) is 5.69 Å². The second kappa shape index (κ2) is 7.37. The number of halogens is 1. The zero-order valence-corrected chi connectivity index (χ0v) is 14.5. The first-order chi connectivity index (χ1) is 10.8. The van der Waals surface area contributed by atoms with E-state index in [-0.39, 0.29) is 12.5 Å². The third-order valence-electron chi connectivity index (χ3n) is 3.31. The fraction of sp³-hybridized carbons (Fsp3) is 0.500. The minimum atomic E-state index is -3.56. The molecule has 1 heterocycles. The number of carbonyl (C=O) groups excluding carboxylic acids is 1. The number of carbonyl (C=O) groups is 1. The van der Waals surface area contributed by atoms with Gasteiger partial charge in [0, 0.05) is 25.3 Å². The van der Waals surface area contributed by atoms with E-state index < -0.39 is 16.1 Å². The summed E-state index contributed by atoms with van der Waals surface area (Å²) < 4.78 is 35.7. The van der Waals surface area contributed by atoms with Crippen LogP contribution >= 0.6 is 11.6 Å². The van der Waals surface area contributed by atoms with Crippen LogP contribution < -0.4 is 14.4 Å². The lowest BCUT2D eigenvalue weighted by Crippen LogP contribution is -2.50. The predicted octanol–water partition coefficient (Wildman–Crippen LogP) is 1.02. The maximum atomic E-state index is 12.2. The van der Waals surface area contributed by atoms with Gasteiger partial charge in [-0.05, 0) is 24.6 Å². The number of amides is 1. The number of methoxy groups -OCH3 is 1. The van der Waals surface area contributed by atoms with Gasteiger partial charge in [0.05, 0.1) is 18.5 Å². The lowest BCUT2D eigenvalue weighted by molar-refractivity contribution is -0.127. The van der Waals surface area contributed by atoms with Gasteiger partial charge in [-0.2, -0.15) is 0 Å². The molecule has 128 valence electrons. The standard InChI is InChI=1S/C14H19ClN2O5S/c1-21-7-3-6-16-14(18)13-9-17(23(2,19)20)11-8-10(15)4-5-12(11)22-13/h4-5,8,13H,3,6-7,9H2,1-2H3,(H,16,18). The summed E-state index contributed by atoms with van der Waals surface area (Å²) in [6.45, 7) is 0.865. The smallest absolute Gasteiger partial charge is 0.263 e. The zero-order valence-electron chi connectivity index (χ0n) is 12.9. The molecule has 1 aliphatic heterocycles. The molecule has 0 aromatic heterocycles. The molecule has 0 aliphatic carbocycles. The maximum Gasteiger partial charge on any atom is 0.263 e. The number of hydrogen-bond donors (Lipinski definition) is 1. The average Bonchev–Trinajstić information content (AvgIpc) is 2.49. The van der Waals surface area contributed by atoms with Gasteiger partial charge < -0.3 is 14.8 Å². The van der Waals surface area contributed by atoms with Crippen molar-refractivity contribution in [1.29, 1.82) is 0 Å². The Bertz CT molecular complexity index is 680. The summed E-state index contributed by atoms with van der Waals surface area (Å²) in [5.74, 6) is -0.0570. The minimum Gasteiger partial charge on any atom is -0.476 e. The highest BCUT2D eigenvalue weighted by atomic mass is 35.5. The van der Waals surface area contributed by atoms with Crippen molar-refractivity contribution in [1.82, 2.24) is 5.32 Å². The van der Waals surface area contributed by atoms with Crippen LogP contribution in [0.5, 0.6) is 5.75 Å². The lowest BCUT2D eigenvalue weighted by Gasteiger charge is -2.34. The van der Waals surface area contributed by atoms with Crippen LogP contribution in [0.25, 0.3) is 0 Å². The zero-order chi connectivity index (χ0) is 17.0. The van der Waals surface area contributed by atoms with Crippen molar-refractivity contribution in [3.05, 3.63) is 23.2 Å². The van der Waals surface area contributed by atoms with E-state index in [1.54, 1.807) is 19.2 Å². The van der Waals surface area contributed by atoms with E-state index in [4.69, 9.17) is 21.1 Å². The molecule has 1 aliphatic rings. The molecule has 0 saturated carbocycles. The number of ether oxygens (including phenoxy) is 2. The van der Waals surface area contributed by atoms with Crippen LogP contribution in [0.2, 0.25) is 5.02 Å². The fourth-order valence-electron chi connectivity index (χ4n) is 2.22. The van der Waals surface area contributed by atoms with Crippen LogP contribution in [-0.4, -0.2) is 53.5 Å². The highest BCUT2D eigenvalue weighted by Crippen LogP contribution is 2.36. The number of nitrogens with one attached hydrogen (secondary N) is 1. The summed E-state index contributed by atoms with van der Waals surface area (Å²) in [6, 6.07) is 4.64. The molecule has 0 fully saturated rings. The molecule has 2 rings (SSSR count). The van der Waals surface area contributed by atoms with E-state index in [2.05, 4.69) is 5.32 Å². The third-order valence-corrected chi connectivity index (χ3v) is 4.69. The van der Waals surface area contributed by atoms with Crippen molar-refractivity contribution >= 4 is 33.2 Å². The molecule has 1 unspecified atom stereocenters. The van der Waals surface area contributed by atoms with Crippen LogP contribution in [0.1, 0.15) is 6.42 Å². The Morgan fingerprint density at radius 1 is 1.52 bits per heavy atom. The van der Waals surface area contributed by atoms with Crippen LogP contribution in [0, 0.1) is 0 Å². The lowest BCUT2D eigenvalue weighted by atomic mass is 10.2. The number of sulfonamides is 1. The Morgan fingerprint density at radius 3 is 2.91 bits per heavy atom. The van der Waals surface area contributed by atoms with Crippen molar-refractivity contribution in [2.24, 2.45) is 0 Å². The average molecular weight is 363 g/mol. The Kier molecular flexibility index (Phi) is 5.72. The van der Waals surface area contributed by atoms with Crippen LogP contribution in [-0.2, 0) is 19.6 Å². The van der Waals surface area contributed by atoms with Gasteiger partial charge in [0.2, 0.25) is 10.0 Å². The van der Waals surface area contributed by atoms with E-state index in [0.29, 0.717) is 36.0 Å². The number of rotatable bonds is 6. The summed E-state index contributed by atoms with van der Waals surface area (Å²) in [5.41, 5.74) is 0.337. The molecule has 1 atom stereocenters. The quantitative estimate of drug-likeness (QED) is 0.764. The molecule has 1 amide bonds. The Labute approximate surface area is 140 Å². The maximum absolute atomic E-state index is 12.2. The fourth-order valence-corrected chi connectivity index (χ4v) is 3.29. The molecular weight excluding hydrogens is 344 g/mol. The Balaban J connectivity index is 2.17. The normalized spacial score (nSPS) is 17.3. The molecule has 0 bridgehead atoms. The first kappa shape index (κ1) is 17.8. The van der Waals surface area contributed by atoms with Gasteiger partial charge in [-0.15, -0.1) is 0 Å². The topological polar surface area (TPSA) is 84.9 Å². The molecule has 1 aromatic rings. The molecule has 1 N–H and O–H groups in total. The molecule has 7 nitrogen and oxygen atoms in total. The van der Waals surface area contributed by atoms with Crippen molar-refractivity contribution in [3.8, 4) is 5.75 Å². The highest BCUT2D eigenvalue weighted by Gasteiger charge is 2.35. The van der Waals surface area contributed by atoms with E-state index in [1.807, 2.05) is 0 Å². The largest absolute Gasteiger partial charge is 0.476 e. The number of fused-ring (bicyclic) bond motifs is 1. The number of benzene rings is 1. The van der Waals surface area contributed by atoms with E-state index in [1.165, 1.54) is 6.07 Å². The molecule has 0 spiro atoms. The van der Waals surface area contributed by atoms with Gasteiger partial charge in [-0.3, -0.25) is 9.10 Å². The molecule has 1 aromatic carbocycles. The monoisotopic (exact) mass is 362 g/mol. The summed E-state index contributed by atoms with van der Waals surface area (Å²) >= 11 is 5.92. The number of nitrogens with zero attached hydrogens (tertiary/aromatic N) is 1. The third kappa shape index (κ3) is 4.49. The van der Waals surface area contributed by atoms with Crippen molar-refractivity contribution in [3.63, 3.8) is 0 Å². The second-order valence-electron chi connectivity index (χ2n) is 5.15. The second-order valence-corrected chi connectivity index (χ2v) is 7.49. The predicted molar refractivity (Wildman–Crippen MR) is 87.6 cm³/mol. The summed E-state index contributed by atoms with van der Waals surface area (Å²) in [4.78, 5) is 12.2. The van der Waals surface area contributed by atoms with Gasteiger partial charge in [0.25, 0.3) is 5.91 Å². The Hall–Kier alpha value is -1.51. The van der Waals surface area contributed by atoms with E-state index in [9.17, 15) is 13.2 Å². The van der Waals surface area contributed by atoms with Gasteiger partial charge in [-0.1, -0.05) is 11.6 Å². The minimum absolute atomic E-state index is 0.0950. The first-order valence-electron chi connectivity index (χ1n) is 7.03. The summed E-state index contributed by atoms with van der Waals surface area (Å²) in [7, 11) is -1.98. The molecule has 0 saturated heterocycles. The van der Waals surface area contributed by atoms with Gasteiger partial charge in [0.1, 0.15) is 5.75 Å². The Morgan fingerprint density at radius 2 is 2.26 bits per heavy atom. The van der Waals surface area contributed by atoms with Gasteiger partial charge in [0.15, 0.2) is 6.10 Å². The molecule has 9 heteroatoms. The van der Waals surface area contributed by atoms with E-state index >= 15 is 0 Å². The molecular formula is C14H19ClN2O5S. The van der Waals surface area contributed by atoms with E-state index in [0.717, 1.165) is 10.6 Å². The van der Waals surface area contributed by atoms with Gasteiger partial charge in [-0.25, -0.2) is 8.42 Å². The van der Waals surface area contributed by atoms with Crippen LogP contribution in [0.15, 0.2) is 18.2 Å². The SMILES string of the molecule is COCCCNC(=O)C1CN(S(C)(=O)=O)c2cc(Cl)ccc2O1. The van der Waals surface area contributed by atoms with Crippen molar-refractivity contribution in [2.75, 3.05) is 37.4 Å². The summed E-state index contributed by atoms with van der Waals surface area (Å²) in [5, 5.41) is 3.10. The molecule has 0 radical (unpaired) electrons.